The highest BCUT2D eigenvalue weighted by Gasteiger charge is 2.44. The normalized spacial score (nSPS) is 21.4. The molecule has 2 aromatic carbocycles. The van der Waals surface area contributed by atoms with Crippen molar-refractivity contribution >= 4 is 28.4 Å². The van der Waals surface area contributed by atoms with Crippen molar-refractivity contribution < 1.29 is 23.0 Å². The number of fused-ring (bicyclic) bond motifs is 2. The van der Waals surface area contributed by atoms with E-state index in [2.05, 4.69) is 58.0 Å². The molecule has 2 atom stereocenters. The van der Waals surface area contributed by atoms with Crippen molar-refractivity contribution in [3.8, 4) is 6.01 Å². The third kappa shape index (κ3) is 7.05. The summed E-state index contributed by atoms with van der Waals surface area (Å²) >= 11 is 0. The number of nitrogens with zero attached hydrogens (tertiary/aromatic N) is 7. The molecule has 0 unspecified atom stereocenters. The zero-order valence-corrected chi connectivity index (χ0v) is 27.8. The summed E-state index contributed by atoms with van der Waals surface area (Å²) in [6.07, 6.45) is -0.0246. The fourth-order valence-corrected chi connectivity index (χ4v) is 6.98. The van der Waals surface area contributed by atoms with E-state index in [9.17, 15) is 13.6 Å². The number of aromatic nitrogens is 2. The second kappa shape index (κ2) is 12.8. The Morgan fingerprint density at radius 1 is 1.09 bits per heavy atom. The van der Waals surface area contributed by atoms with E-state index in [1.165, 1.54) is 16.3 Å². The van der Waals surface area contributed by atoms with Gasteiger partial charge < -0.3 is 24.1 Å². The van der Waals surface area contributed by atoms with E-state index in [0.717, 1.165) is 23.5 Å². The van der Waals surface area contributed by atoms with Crippen molar-refractivity contribution in [1.29, 1.82) is 0 Å². The van der Waals surface area contributed by atoms with Crippen LogP contribution in [-0.2, 0) is 17.7 Å². The summed E-state index contributed by atoms with van der Waals surface area (Å²) in [5, 5.41) is 2.38. The first-order valence-corrected chi connectivity index (χ1v) is 16.2. The molecule has 4 heterocycles. The lowest BCUT2D eigenvalue weighted by molar-refractivity contribution is 0.0134. The fourth-order valence-electron chi connectivity index (χ4n) is 6.98. The quantitative estimate of drug-likeness (QED) is 0.322. The van der Waals surface area contributed by atoms with Crippen LogP contribution in [0.5, 0.6) is 6.01 Å². The van der Waals surface area contributed by atoms with E-state index < -0.39 is 23.7 Å². The van der Waals surface area contributed by atoms with Crippen molar-refractivity contribution in [2.75, 3.05) is 62.7 Å². The number of benzene rings is 2. The highest BCUT2D eigenvalue weighted by atomic mass is 19.3. The first kappa shape index (κ1) is 32.7. The number of carbonyl (C=O) groups is 1. The molecule has 2 fully saturated rings. The van der Waals surface area contributed by atoms with Crippen LogP contribution in [0.2, 0.25) is 0 Å². The average Bonchev–Trinajstić information content (AvgIpc) is 3.29. The smallest absolute Gasteiger partial charge is 0.410 e. The number of aryl methyl sites for hydroxylation is 1. The minimum atomic E-state index is -2.76. The number of carbonyl (C=O) groups excluding carboxylic acids is 1. The Bertz CT molecular complexity index is 1680. The van der Waals surface area contributed by atoms with Crippen molar-refractivity contribution in [2.24, 2.45) is 0 Å². The number of anilines is 2. The van der Waals surface area contributed by atoms with Gasteiger partial charge in [0, 0.05) is 55.3 Å². The largest absolute Gasteiger partial charge is 0.462 e. The van der Waals surface area contributed by atoms with Gasteiger partial charge in [0.25, 0.3) is 5.92 Å². The third-order valence-electron chi connectivity index (χ3n) is 9.21. The van der Waals surface area contributed by atoms with Gasteiger partial charge in [0.15, 0.2) is 0 Å². The van der Waals surface area contributed by atoms with E-state index in [-0.39, 0.29) is 38.2 Å². The maximum atomic E-state index is 14.1. The number of hydrogen-bond donors (Lipinski definition) is 0. The van der Waals surface area contributed by atoms with E-state index >= 15 is 0 Å². The number of hydrogen-bond acceptors (Lipinski definition) is 8. The predicted octanol–water partition coefficient (Wildman–Crippen LogP) is 5.56. The van der Waals surface area contributed by atoms with Crippen molar-refractivity contribution in [3.63, 3.8) is 0 Å². The van der Waals surface area contributed by atoms with Gasteiger partial charge in [0.1, 0.15) is 24.1 Å². The summed E-state index contributed by atoms with van der Waals surface area (Å²) in [5.41, 5.74) is 3.50. The highest BCUT2D eigenvalue weighted by Crippen LogP contribution is 2.36. The summed E-state index contributed by atoms with van der Waals surface area (Å²) in [6, 6.07) is 11.9. The Morgan fingerprint density at radius 3 is 2.55 bits per heavy atom. The summed E-state index contributed by atoms with van der Waals surface area (Å²) in [4.78, 5) is 34.1. The molecule has 0 N–H and O–H groups in total. The van der Waals surface area contributed by atoms with Gasteiger partial charge >= 0.3 is 12.1 Å². The van der Waals surface area contributed by atoms with Gasteiger partial charge in [-0.25, -0.2) is 20.1 Å². The number of rotatable bonds is 6. The molecule has 10 nitrogen and oxygen atoms in total. The van der Waals surface area contributed by atoms with Crippen molar-refractivity contribution in [3.05, 3.63) is 64.6 Å². The summed E-state index contributed by atoms with van der Waals surface area (Å²) in [6.45, 7) is 17.6. The molecule has 0 radical (unpaired) electrons. The number of amides is 1. The molecule has 3 aromatic rings. The van der Waals surface area contributed by atoms with Gasteiger partial charge in [0.05, 0.1) is 18.8 Å². The zero-order valence-electron chi connectivity index (χ0n) is 27.8. The lowest BCUT2D eigenvalue weighted by Gasteiger charge is -2.41. The lowest BCUT2D eigenvalue weighted by Crippen LogP contribution is -2.57. The van der Waals surface area contributed by atoms with Crippen LogP contribution in [-0.4, -0.2) is 102 Å². The molecule has 0 bridgehead atoms. The van der Waals surface area contributed by atoms with Crippen molar-refractivity contribution in [2.45, 2.75) is 70.7 Å². The number of ether oxygens (including phenoxy) is 2. The summed E-state index contributed by atoms with van der Waals surface area (Å²) < 4.78 is 40.0. The maximum Gasteiger partial charge on any atom is 0.410 e. The summed E-state index contributed by atoms with van der Waals surface area (Å²) in [5.74, 6) is -2.05. The zero-order chi connectivity index (χ0) is 33.5. The third-order valence-corrected chi connectivity index (χ3v) is 9.21. The second-order valence-electron chi connectivity index (χ2n) is 13.9. The molecule has 0 spiro atoms. The maximum absolute atomic E-state index is 14.1. The SMILES string of the molecule is [C-]#[N+]C[C@H]1CN(c2nc(OC[C@@H]3CC(F)(F)CN3C)nc3c2CCN(c2cccc4cccc(C)c24)C3)CCN1C(=O)OC(C)(C)C. The molecular formula is C35H43F2N7O3. The van der Waals surface area contributed by atoms with E-state index in [1.54, 1.807) is 16.8 Å². The molecule has 6 rings (SSSR count). The Kier molecular flexibility index (Phi) is 8.87. The first-order valence-electron chi connectivity index (χ1n) is 16.2. The van der Waals surface area contributed by atoms with Crippen molar-refractivity contribution in [1.82, 2.24) is 19.8 Å². The molecule has 2 saturated heterocycles. The monoisotopic (exact) mass is 647 g/mol. The van der Waals surface area contributed by atoms with Crippen LogP contribution in [0.4, 0.5) is 25.1 Å². The second-order valence-corrected chi connectivity index (χ2v) is 13.9. The molecule has 1 aromatic heterocycles. The Hall–Kier alpha value is -4.24. The van der Waals surface area contributed by atoms with Crippen LogP contribution in [0.15, 0.2) is 36.4 Å². The van der Waals surface area contributed by atoms with Crippen LogP contribution in [0, 0.1) is 13.5 Å². The summed E-state index contributed by atoms with van der Waals surface area (Å²) in [7, 11) is 1.68. The molecule has 3 aliphatic heterocycles. The van der Waals surface area contributed by atoms with Crippen LogP contribution >= 0.6 is 0 Å². The lowest BCUT2D eigenvalue weighted by atomic mass is 9.99. The minimum absolute atomic E-state index is 0.0450. The van der Waals surface area contributed by atoms with Gasteiger partial charge in [-0.3, -0.25) is 9.80 Å². The van der Waals surface area contributed by atoms with Gasteiger partial charge in [0.2, 0.25) is 6.54 Å². The first-order chi connectivity index (χ1) is 22.3. The predicted molar refractivity (Wildman–Crippen MR) is 177 cm³/mol. The standard InChI is InChI=1S/C35H43F2N7O3/c1-23-9-7-10-24-11-8-12-29(30(23)24)42-14-13-27-28(20-42)39-32(46-21-25-17-35(36,37)22-41(25)6)40-31(27)43-15-16-44(26(19-43)18-38-5)33(45)47-34(2,3)4/h7-12,25-26H,13-22H2,1-4,6H3/t25-,26-/m0/s1. The number of likely N-dealkylation sites (tertiary alicyclic amines) is 1. The topological polar surface area (TPSA) is 78.6 Å². The molecule has 47 heavy (non-hydrogen) atoms. The number of halogens is 2. The number of likely N-dealkylation sites (N-methyl/N-ethyl adjacent to an activating group) is 1. The molecule has 3 aliphatic rings. The Labute approximate surface area is 275 Å². The minimum Gasteiger partial charge on any atom is -0.462 e. The van der Waals surface area contributed by atoms with Gasteiger partial charge in [-0.15, -0.1) is 0 Å². The van der Waals surface area contributed by atoms with Crippen LogP contribution in [0.25, 0.3) is 15.6 Å². The van der Waals surface area contributed by atoms with Crippen LogP contribution < -0.4 is 14.5 Å². The molecule has 1 amide bonds. The van der Waals surface area contributed by atoms with E-state index in [4.69, 9.17) is 26.0 Å². The van der Waals surface area contributed by atoms with Gasteiger partial charge in [-0.05, 0) is 58.2 Å². The number of alkyl halides is 2. The van der Waals surface area contributed by atoms with Crippen LogP contribution in [0.3, 0.4) is 0 Å². The molecule has 0 saturated carbocycles. The Balaban J connectivity index is 1.32. The fraction of sp³-hybridized carbons (Fsp3) is 0.543. The average molecular weight is 648 g/mol. The molecule has 0 aliphatic carbocycles. The Morgan fingerprint density at radius 2 is 1.85 bits per heavy atom. The highest BCUT2D eigenvalue weighted by molar-refractivity contribution is 5.97. The molecular weight excluding hydrogens is 604 g/mol. The van der Waals surface area contributed by atoms with E-state index in [0.29, 0.717) is 38.4 Å². The molecule has 250 valence electrons. The van der Waals surface area contributed by atoms with Gasteiger partial charge in [-0.2, -0.15) is 9.97 Å². The van der Waals surface area contributed by atoms with E-state index in [1.807, 2.05) is 20.8 Å². The molecule has 12 heteroatoms. The van der Waals surface area contributed by atoms with Gasteiger partial charge in [-0.1, -0.05) is 30.3 Å². The van der Waals surface area contributed by atoms with Crippen LogP contribution in [0.1, 0.15) is 44.0 Å². The number of piperazine rings is 1.